The van der Waals surface area contributed by atoms with E-state index >= 15 is 0 Å². The van der Waals surface area contributed by atoms with Crippen LogP contribution in [0.1, 0.15) is 5.56 Å². The molecule has 1 aliphatic heterocycles. The van der Waals surface area contributed by atoms with Crippen molar-refractivity contribution in [1.82, 2.24) is 15.0 Å². The molecule has 1 aliphatic rings. The molecule has 6 heteroatoms. The average Bonchev–Trinajstić information content (AvgIpc) is 2.70. The van der Waals surface area contributed by atoms with Gasteiger partial charge in [0.25, 0.3) is 0 Å². The van der Waals surface area contributed by atoms with Crippen molar-refractivity contribution in [3.8, 4) is 0 Å². The van der Waals surface area contributed by atoms with Crippen molar-refractivity contribution in [2.24, 2.45) is 0 Å². The molecule has 5 nitrogen and oxygen atoms in total. The van der Waals surface area contributed by atoms with Crippen LogP contribution in [0, 0.1) is 0 Å². The predicted octanol–water partition coefficient (Wildman–Crippen LogP) is 4.85. The Labute approximate surface area is 154 Å². The molecule has 0 saturated carbocycles. The maximum absolute atomic E-state index is 4.49. The Morgan fingerprint density at radius 3 is 2.85 bits per heavy atom. The zero-order valence-corrected chi connectivity index (χ0v) is 14.6. The number of fused-ring (bicyclic) bond motifs is 3. The van der Waals surface area contributed by atoms with Crippen molar-refractivity contribution in [1.29, 1.82) is 0 Å². The Kier molecular flexibility index (Phi) is 3.68. The summed E-state index contributed by atoms with van der Waals surface area (Å²) in [6.07, 6.45) is 5.26. The fraction of sp³-hybridized carbons (Fsp3) is 0.0500. The van der Waals surface area contributed by atoms with Gasteiger partial charge in [0, 0.05) is 35.4 Å². The van der Waals surface area contributed by atoms with E-state index in [4.69, 9.17) is 0 Å². The van der Waals surface area contributed by atoms with Gasteiger partial charge in [0.2, 0.25) is 0 Å². The van der Waals surface area contributed by atoms with Gasteiger partial charge < -0.3 is 10.6 Å². The number of nitrogens with one attached hydrogen (secondary N) is 2. The van der Waals surface area contributed by atoms with E-state index < -0.39 is 0 Å². The van der Waals surface area contributed by atoms with Crippen LogP contribution in [0.2, 0.25) is 0 Å². The lowest BCUT2D eigenvalue weighted by Gasteiger charge is -2.19. The third kappa shape index (κ3) is 2.74. The van der Waals surface area contributed by atoms with Crippen molar-refractivity contribution in [3.05, 3.63) is 72.7 Å². The van der Waals surface area contributed by atoms with E-state index in [2.05, 4.69) is 55.9 Å². The van der Waals surface area contributed by atoms with Crippen molar-refractivity contribution in [3.63, 3.8) is 0 Å². The van der Waals surface area contributed by atoms with E-state index in [9.17, 15) is 0 Å². The van der Waals surface area contributed by atoms with Gasteiger partial charge in [-0.1, -0.05) is 42.1 Å². The van der Waals surface area contributed by atoms with Gasteiger partial charge in [-0.25, -0.2) is 15.0 Å². The molecule has 2 aromatic carbocycles. The number of nitrogens with zero attached hydrogens (tertiary/aromatic N) is 3. The summed E-state index contributed by atoms with van der Waals surface area (Å²) >= 11 is 1.64. The average molecular weight is 357 g/mol. The van der Waals surface area contributed by atoms with Gasteiger partial charge >= 0.3 is 0 Å². The highest BCUT2D eigenvalue weighted by molar-refractivity contribution is 7.99. The minimum absolute atomic E-state index is 0.702. The highest BCUT2D eigenvalue weighted by Crippen LogP contribution is 2.42. The molecule has 0 radical (unpaired) electrons. The number of rotatable bonds is 3. The first-order chi connectivity index (χ1) is 12.9. The van der Waals surface area contributed by atoms with Crippen LogP contribution in [0.15, 0.2) is 77.0 Å². The lowest BCUT2D eigenvalue weighted by atomic mass is 10.1. The molecule has 0 spiro atoms. The largest absolute Gasteiger partial charge is 0.365 e. The summed E-state index contributed by atoms with van der Waals surface area (Å²) in [7, 11) is 0. The standard InChI is InChI=1S/C20H15N5S/c1-2-4-15-14(3-1)7-8-21-18(15)24-12-13-5-6-17-16(11-13)25-19-20(26-17)23-10-9-22-19/h1-11H,12H2,(H,21,24)(H,22,25). The Morgan fingerprint density at radius 1 is 0.923 bits per heavy atom. The van der Waals surface area contributed by atoms with Crippen LogP contribution in [-0.2, 0) is 6.54 Å². The Bertz CT molecular complexity index is 1110. The fourth-order valence-electron chi connectivity index (χ4n) is 3.04. The molecule has 2 aromatic heterocycles. The van der Waals surface area contributed by atoms with Gasteiger partial charge in [-0.05, 0) is 29.1 Å². The Balaban J connectivity index is 1.39. The molecule has 0 bridgehead atoms. The van der Waals surface area contributed by atoms with E-state index in [1.165, 1.54) is 10.9 Å². The maximum atomic E-state index is 4.49. The van der Waals surface area contributed by atoms with Crippen molar-refractivity contribution in [2.75, 3.05) is 10.6 Å². The highest BCUT2D eigenvalue weighted by Gasteiger charge is 2.17. The van der Waals surface area contributed by atoms with Gasteiger partial charge in [0.15, 0.2) is 5.82 Å². The van der Waals surface area contributed by atoms with Crippen LogP contribution in [0.3, 0.4) is 0 Å². The first-order valence-electron chi connectivity index (χ1n) is 8.33. The van der Waals surface area contributed by atoms with Crippen molar-refractivity contribution >= 4 is 39.9 Å². The molecule has 4 aromatic rings. The fourth-order valence-corrected chi connectivity index (χ4v) is 3.92. The maximum Gasteiger partial charge on any atom is 0.163 e. The molecular weight excluding hydrogens is 342 g/mol. The number of hydrogen-bond acceptors (Lipinski definition) is 6. The minimum atomic E-state index is 0.702. The second kappa shape index (κ2) is 6.31. The summed E-state index contributed by atoms with van der Waals surface area (Å²) in [4.78, 5) is 14.4. The summed E-state index contributed by atoms with van der Waals surface area (Å²) in [5, 5.41) is 10.0. The summed E-state index contributed by atoms with van der Waals surface area (Å²) in [5.74, 6) is 1.71. The van der Waals surface area contributed by atoms with Crippen LogP contribution < -0.4 is 10.6 Å². The van der Waals surface area contributed by atoms with Crippen LogP contribution in [0.5, 0.6) is 0 Å². The van der Waals surface area contributed by atoms with E-state index in [1.54, 1.807) is 24.2 Å². The monoisotopic (exact) mass is 357 g/mol. The first-order valence-corrected chi connectivity index (χ1v) is 9.15. The van der Waals surface area contributed by atoms with Crippen molar-refractivity contribution < 1.29 is 0 Å². The third-order valence-electron chi connectivity index (χ3n) is 4.30. The third-order valence-corrected chi connectivity index (χ3v) is 5.37. The van der Waals surface area contributed by atoms with E-state index in [-0.39, 0.29) is 0 Å². The molecule has 0 saturated heterocycles. The number of aromatic nitrogens is 3. The molecular formula is C20H15N5S. The molecule has 0 atom stereocenters. The van der Waals surface area contributed by atoms with Crippen LogP contribution >= 0.6 is 11.8 Å². The van der Waals surface area contributed by atoms with Gasteiger partial charge in [-0.15, -0.1) is 0 Å². The Hall–Kier alpha value is -3.12. The number of benzene rings is 2. The second-order valence-electron chi connectivity index (χ2n) is 6.00. The van der Waals surface area contributed by atoms with Crippen LogP contribution in [-0.4, -0.2) is 15.0 Å². The zero-order valence-electron chi connectivity index (χ0n) is 13.8. The van der Waals surface area contributed by atoms with E-state index in [0.29, 0.717) is 6.54 Å². The van der Waals surface area contributed by atoms with E-state index in [1.807, 2.05) is 24.4 Å². The zero-order chi connectivity index (χ0) is 17.3. The molecule has 0 unspecified atom stereocenters. The summed E-state index contributed by atoms with van der Waals surface area (Å²) in [5.41, 5.74) is 2.24. The predicted molar refractivity (Wildman–Crippen MR) is 105 cm³/mol. The van der Waals surface area contributed by atoms with Gasteiger partial charge in [0.05, 0.1) is 5.69 Å². The molecule has 3 heterocycles. The lowest BCUT2D eigenvalue weighted by Crippen LogP contribution is -2.06. The first kappa shape index (κ1) is 15.2. The second-order valence-corrected chi connectivity index (χ2v) is 7.03. The molecule has 5 rings (SSSR count). The number of anilines is 3. The molecule has 0 amide bonds. The van der Waals surface area contributed by atoms with Gasteiger partial charge in [0.1, 0.15) is 10.8 Å². The summed E-state index contributed by atoms with van der Waals surface area (Å²) in [6, 6.07) is 16.7. The topological polar surface area (TPSA) is 62.7 Å². The highest BCUT2D eigenvalue weighted by atomic mass is 32.2. The Morgan fingerprint density at radius 2 is 1.85 bits per heavy atom. The number of hydrogen-bond donors (Lipinski definition) is 2. The summed E-state index contributed by atoms with van der Waals surface area (Å²) < 4.78 is 0. The van der Waals surface area contributed by atoms with Crippen LogP contribution in [0.4, 0.5) is 17.3 Å². The minimum Gasteiger partial charge on any atom is -0.365 e. The number of pyridine rings is 1. The van der Waals surface area contributed by atoms with Crippen LogP contribution in [0.25, 0.3) is 10.8 Å². The molecule has 0 aliphatic carbocycles. The normalized spacial score (nSPS) is 12.2. The molecule has 26 heavy (non-hydrogen) atoms. The van der Waals surface area contributed by atoms with Gasteiger partial charge in [-0.3, -0.25) is 0 Å². The summed E-state index contributed by atoms with van der Waals surface area (Å²) in [6.45, 7) is 0.702. The van der Waals surface area contributed by atoms with Gasteiger partial charge in [-0.2, -0.15) is 0 Å². The molecule has 2 N–H and O–H groups in total. The quantitative estimate of drug-likeness (QED) is 0.481. The SMILES string of the molecule is c1ccc2c(NCc3ccc4c(c3)Nc3nccnc3S4)nccc2c1. The molecule has 0 fully saturated rings. The molecule has 126 valence electrons. The van der Waals surface area contributed by atoms with E-state index in [0.717, 1.165) is 32.6 Å². The lowest BCUT2D eigenvalue weighted by molar-refractivity contribution is 1.04. The van der Waals surface area contributed by atoms with Crippen molar-refractivity contribution in [2.45, 2.75) is 16.5 Å². The smallest absolute Gasteiger partial charge is 0.163 e.